The molecule has 1 aliphatic rings. The highest BCUT2D eigenvalue weighted by Crippen LogP contribution is 2.24. The molecule has 1 fully saturated rings. The summed E-state index contributed by atoms with van der Waals surface area (Å²) in [6.45, 7) is 3.04. The van der Waals surface area contributed by atoms with Crippen LogP contribution < -0.4 is 0 Å². The number of ether oxygens (including phenoxy) is 2. The highest BCUT2D eigenvalue weighted by atomic mass is 32.2. The fourth-order valence-electron chi connectivity index (χ4n) is 0.800. The number of hydrogen-bond acceptors (Lipinski definition) is 4. The minimum Gasteiger partial charge on any atom is -0.347 e. The van der Waals surface area contributed by atoms with Crippen LogP contribution >= 0.6 is 0 Å². The zero-order valence-corrected chi connectivity index (χ0v) is 7.09. The van der Waals surface area contributed by atoms with Crippen LogP contribution in [0.3, 0.4) is 0 Å². The lowest BCUT2D eigenvalue weighted by atomic mass is 10.4. The van der Waals surface area contributed by atoms with Crippen LogP contribution in [-0.2, 0) is 19.6 Å². The highest BCUT2D eigenvalue weighted by molar-refractivity contribution is 7.86. The Hall–Kier alpha value is -0.170. The van der Waals surface area contributed by atoms with Gasteiger partial charge in [0.05, 0.1) is 6.61 Å². The van der Waals surface area contributed by atoms with E-state index in [1.165, 1.54) is 0 Å². The monoisotopic (exact) mass is 182 g/mol. The number of rotatable bonds is 1. The van der Waals surface area contributed by atoms with Gasteiger partial charge in [0, 0.05) is 0 Å². The van der Waals surface area contributed by atoms with Crippen LogP contribution in [0.1, 0.15) is 13.8 Å². The van der Waals surface area contributed by atoms with Gasteiger partial charge in [0.15, 0.2) is 5.79 Å². The lowest BCUT2D eigenvalue weighted by Crippen LogP contribution is -2.26. The third-order valence-electron chi connectivity index (χ3n) is 1.31. The maximum Gasteiger partial charge on any atom is 0.294 e. The van der Waals surface area contributed by atoms with Crippen molar-refractivity contribution in [2.75, 3.05) is 6.61 Å². The first-order valence-electron chi connectivity index (χ1n) is 3.09. The first-order chi connectivity index (χ1) is 4.81. The third kappa shape index (κ3) is 2.13. The molecule has 1 atom stereocenters. The van der Waals surface area contributed by atoms with E-state index in [0.29, 0.717) is 0 Å². The fourth-order valence-corrected chi connectivity index (χ4v) is 1.39. The summed E-state index contributed by atoms with van der Waals surface area (Å²) in [6.07, 6.45) is 0. The summed E-state index contributed by atoms with van der Waals surface area (Å²) in [6, 6.07) is 0. The molecule has 0 aromatic carbocycles. The van der Waals surface area contributed by atoms with Crippen LogP contribution in [0, 0.1) is 0 Å². The first-order valence-corrected chi connectivity index (χ1v) is 4.60. The number of hydrogen-bond donors (Lipinski definition) is 1. The molecule has 5 nitrogen and oxygen atoms in total. The van der Waals surface area contributed by atoms with Gasteiger partial charge in [0.2, 0.25) is 5.44 Å². The van der Waals surface area contributed by atoms with Gasteiger partial charge in [-0.15, -0.1) is 0 Å². The molecule has 1 saturated heterocycles. The molecule has 6 heteroatoms. The van der Waals surface area contributed by atoms with Gasteiger partial charge < -0.3 is 9.47 Å². The van der Waals surface area contributed by atoms with Crippen LogP contribution in [0.4, 0.5) is 0 Å². The smallest absolute Gasteiger partial charge is 0.294 e. The van der Waals surface area contributed by atoms with Crippen molar-refractivity contribution in [1.29, 1.82) is 0 Å². The molecule has 1 rings (SSSR count). The van der Waals surface area contributed by atoms with Crippen LogP contribution in [0.15, 0.2) is 0 Å². The van der Waals surface area contributed by atoms with E-state index in [-0.39, 0.29) is 6.61 Å². The maximum atomic E-state index is 10.5. The van der Waals surface area contributed by atoms with Crippen molar-refractivity contribution in [2.45, 2.75) is 25.1 Å². The average molecular weight is 182 g/mol. The van der Waals surface area contributed by atoms with E-state index in [4.69, 9.17) is 14.0 Å². The summed E-state index contributed by atoms with van der Waals surface area (Å²) in [5, 5.41) is 0. The Balaban J connectivity index is 2.71. The molecule has 0 radical (unpaired) electrons. The van der Waals surface area contributed by atoms with Crippen molar-refractivity contribution in [3.05, 3.63) is 0 Å². The molecular weight excluding hydrogens is 172 g/mol. The predicted molar refractivity (Wildman–Crippen MR) is 36.5 cm³/mol. The topological polar surface area (TPSA) is 72.8 Å². The van der Waals surface area contributed by atoms with E-state index in [1.807, 2.05) is 0 Å². The minimum atomic E-state index is -4.12. The van der Waals surface area contributed by atoms with Gasteiger partial charge in [-0.3, -0.25) is 4.55 Å². The predicted octanol–water partition coefficient (Wildman–Crippen LogP) is -0.0168. The van der Waals surface area contributed by atoms with E-state index in [9.17, 15) is 8.42 Å². The molecule has 1 N–H and O–H groups in total. The van der Waals surface area contributed by atoms with Crippen molar-refractivity contribution in [3.63, 3.8) is 0 Å². The SMILES string of the molecule is CC1(C)OC[C@@H](S(=O)(=O)O)O1. The summed E-state index contributed by atoms with van der Waals surface area (Å²) >= 11 is 0. The Bertz CT molecular complexity index is 242. The van der Waals surface area contributed by atoms with E-state index in [0.717, 1.165) is 0 Å². The first kappa shape index (κ1) is 8.92. The van der Waals surface area contributed by atoms with Crippen LogP contribution in [0.5, 0.6) is 0 Å². The van der Waals surface area contributed by atoms with Gasteiger partial charge in [-0.1, -0.05) is 0 Å². The van der Waals surface area contributed by atoms with Gasteiger partial charge in [0.25, 0.3) is 10.1 Å². The lowest BCUT2D eigenvalue weighted by Gasteiger charge is -2.15. The van der Waals surface area contributed by atoms with Gasteiger partial charge in [-0.25, -0.2) is 0 Å². The molecule has 1 heterocycles. The molecule has 1 aliphatic heterocycles. The summed E-state index contributed by atoms with van der Waals surface area (Å²) < 4.78 is 39.2. The van der Waals surface area contributed by atoms with Crippen molar-refractivity contribution >= 4 is 10.1 Å². The second-order valence-corrected chi connectivity index (χ2v) is 4.33. The average Bonchev–Trinajstić information content (AvgIpc) is 2.07. The van der Waals surface area contributed by atoms with Crippen molar-refractivity contribution in [1.82, 2.24) is 0 Å². The molecular formula is C5H10O5S. The van der Waals surface area contributed by atoms with Crippen LogP contribution in [0.2, 0.25) is 0 Å². The fraction of sp³-hybridized carbons (Fsp3) is 1.00. The van der Waals surface area contributed by atoms with Gasteiger partial charge in [-0.05, 0) is 13.8 Å². The summed E-state index contributed by atoms with van der Waals surface area (Å²) in [5.74, 6) is -0.916. The highest BCUT2D eigenvalue weighted by Gasteiger charge is 2.39. The van der Waals surface area contributed by atoms with Crippen molar-refractivity contribution in [3.8, 4) is 0 Å². The Morgan fingerprint density at radius 2 is 2.09 bits per heavy atom. The third-order valence-corrected chi connectivity index (χ3v) is 2.21. The molecule has 0 saturated carbocycles. The Morgan fingerprint density at radius 3 is 2.27 bits per heavy atom. The zero-order chi connectivity index (χ0) is 8.70. The molecule has 11 heavy (non-hydrogen) atoms. The van der Waals surface area contributed by atoms with Gasteiger partial charge in [0.1, 0.15) is 0 Å². The van der Waals surface area contributed by atoms with Crippen LogP contribution in [0.25, 0.3) is 0 Å². The van der Waals surface area contributed by atoms with Crippen molar-refractivity contribution < 1.29 is 22.4 Å². The van der Waals surface area contributed by atoms with Gasteiger partial charge in [-0.2, -0.15) is 8.42 Å². The largest absolute Gasteiger partial charge is 0.347 e. The van der Waals surface area contributed by atoms with E-state index in [2.05, 4.69) is 0 Å². The lowest BCUT2D eigenvalue weighted by molar-refractivity contribution is -0.130. The molecule has 0 aromatic rings. The van der Waals surface area contributed by atoms with Crippen LogP contribution in [-0.4, -0.2) is 30.8 Å². The molecule has 0 aliphatic carbocycles. The normalized spacial score (nSPS) is 30.6. The minimum absolute atomic E-state index is 0.119. The Labute approximate surface area is 65.0 Å². The maximum absolute atomic E-state index is 10.5. The molecule has 0 amide bonds. The molecule has 0 spiro atoms. The standard InChI is InChI=1S/C5H10O5S/c1-5(2)9-3-4(10-5)11(6,7)8/h4H,3H2,1-2H3,(H,6,7,8)/t4-/m1/s1. The van der Waals surface area contributed by atoms with E-state index in [1.54, 1.807) is 13.8 Å². The zero-order valence-electron chi connectivity index (χ0n) is 6.27. The van der Waals surface area contributed by atoms with Crippen molar-refractivity contribution in [2.24, 2.45) is 0 Å². The summed E-state index contributed by atoms with van der Waals surface area (Å²) in [7, 11) is -4.12. The summed E-state index contributed by atoms with van der Waals surface area (Å²) in [5.41, 5.74) is -1.24. The summed E-state index contributed by atoms with van der Waals surface area (Å²) in [4.78, 5) is 0. The van der Waals surface area contributed by atoms with E-state index >= 15 is 0 Å². The molecule has 66 valence electrons. The quantitative estimate of drug-likeness (QED) is 0.577. The Morgan fingerprint density at radius 1 is 1.55 bits per heavy atom. The van der Waals surface area contributed by atoms with E-state index < -0.39 is 21.3 Å². The molecule has 0 unspecified atom stereocenters. The molecule has 0 aromatic heterocycles. The second-order valence-electron chi connectivity index (χ2n) is 2.77. The second kappa shape index (κ2) is 2.41. The molecule has 0 bridgehead atoms. The van der Waals surface area contributed by atoms with Gasteiger partial charge >= 0.3 is 0 Å². The Kier molecular flexibility index (Phi) is 1.96.